The van der Waals surface area contributed by atoms with E-state index in [9.17, 15) is 0 Å². The summed E-state index contributed by atoms with van der Waals surface area (Å²) in [7, 11) is 0. The Morgan fingerprint density at radius 1 is 1.37 bits per heavy atom. The third kappa shape index (κ3) is 3.18. The molecule has 7 nitrogen and oxygen atoms in total. The van der Waals surface area contributed by atoms with Gasteiger partial charge in [-0.2, -0.15) is 4.98 Å². The Kier molecular flexibility index (Phi) is 3.68. The topological polar surface area (TPSA) is 100 Å². The zero-order valence-corrected chi connectivity index (χ0v) is 11.5. The van der Waals surface area contributed by atoms with E-state index in [1.54, 1.807) is 19.9 Å². The van der Waals surface area contributed by atoms with Crippen LogP contribution in [-0.2, 0) is 10.3 Å². The van der Waals surface area contributed by atoms with Crippen LogP contribution in [-0.4, -0.2) is 28.0 Å². The van der Waals surface area contributed by atoms with Gasteiger partial charge in [0.15, 0.2) is 11.5 Å². The van der Waals surface area contributed by atoms with Gasteiger partial charge in [0.25, 0.3) is 5.89 Å². The molecule has 0 saturated heterocycles. The molecule has 19 heavy (non-hydrogen) atoms. The lowest BCUT2D eigenvalue weighted by Crippen LogP contribution is -2.40. The van der Waals surface area contributed by atoms with E-state index >= 15 is 0 Å². The predicted molar refractivity (Wildman–Crippen MR) is 67.2 cm³/mol. The van der Waals surface area contributed by atoms with E-state index in [2.05, 4.69) is 15.3 Å². The molecule has 1 unspecified atom stereocenters. The van der Waals surface area contributed by atoms with Crippen molar-refractivity contribution < 1.29 is 13.8 Å². The maximum absolute atomic E-state index is 6.13. The highest BCUT2D eigenvalue weighted by atomic mass is 16.5. The molecule has 2 rings (SSSR count). The summed E-state index contributed by atoms with van der Waals surface area (Å²) < 4.78 is 15.6. The Bertz CT molecular complexity index is 545. The summed E-state index contributed by atoms with van der Waals surface area (Å²) in [6, 6.07) is 1.72. The molecule has 7 heteroatoms. The molecule has 2 aromatic heterocycles. The van der Waals surface area contributed by atoms with Crippen molar-refractivity contribution in [2.45, 2.75) is 39.3 Å². The molecule has 1 atom stereocenters. The largest absolute Gasteiger partial charge is 0.376 e. The molecule has 0 aliphatic heterocycles. The summed E-state index contributed by atoms with van der Waals surface area (Å²) in [5, 5.41) is 7.69. The SMILES string of the molecule is Cc1cc(-c2nc(C(C)(N)COC(C)C)no2)no1. The number of rotatable bonds is 5. The van der Waals surface area contributed by atoms with E-state index in [0.29, 0.717) is 23.9 Å². The van der Waals surface area contributed by atoms with Crippen molar-refractivity contribution in [3.63, 3.8) is 0 Å². The fraction of sp³-hybridized carbons (Fsp3) is 0.583. The maximum Gasteiger partial charge on any atom is 0.280 e. The van der Waals surface area contributed by atoms with Gasteiger partial charge in [0.05, 0.1) is 12.7 Å². The van der Waals surface area contributed by atoms with Gasteiger partial charge in [-0.3, -0.25) is 0 Å². The fourth-order valence-corrected chi connectivity index (χ4v) is 1.43. The molecule has 0 spiro atoms. The van der Waals surface area contributed by atoms with Crippen molar-refractivity contribution in [3.05, 3.63) is 17.7 Å². The van der Waals surface area contributed by atoms with E-state index in [1.807, 2.05) is 13.8 Å². The second kappa shape index (κ2) is 5.10. The van der Waals surface area contributed by atoms with Crippen LogP contribution >= 0.6 is 0 Å². The van der Waals surface area contributed by atoms with Crippen molar-refractivity contribution in [2.75, 3.05) is 6.61 Å². The van der Waals surface area contributed by atoms with E-state index in [1.165, 1.54) is 0 Å². The normalized spacial score (nSPS) is 14.8. The Labute approximate surface area is 111 Å². The molecule has 2 heterocycles. The van der Waals surface area contributed by atoms with Gasteiger partial charge >= 0.3 is 0 Å². The Morgan fingerprint density at radius 2 is 2.11 bits per heavy atom. The summed E-state index contributed by atoms with van der Waals surface area (Å²) >= 11 is 0. The first-order chi connectivity index (χ1) is 8.88. The second-order valence-corrected chi connectivity index (χ2v) is 5.02. The highest BCUT2D eigenvalue weighted by molar-refractivity contribution is 5.45. The van der Waals surface area contributed by atoms with Crippen molar-refractivity contribution >= 4 is 0 Å². The number of aryl methyl sites for hydroxylation is 1. The Morgan fingerprint density at radius 3 is 2.68 bits per heavy atom. The van der Waals surface area contributed by atoms with Crippen LogP contribution in [0.4, 0.5) is 0 Å². The summed E-state index contributed by atoms with van der Waals surface area (Å²) in [6.45, 7) is 7.77. The van der Waals surface area contributed by atoms with Gasteiger partial charge in [-0.15, -0.1) is 0 Å². The average molecular weight is 266 g/mol. The van der Waals surface area contributed by atoms with Crippen LogP contribution in [0.25, 0.3) is 11.6 Å². The summed E-state index contributed by atoms with van der Waals surface area (Å²) in [4.78, 5) is 4.24. The molecule has 104 valence electrons. The lowest BCUT2D eigenvalue weighted by molar-refractivity contribution is 0.0410. The first-order valence-corrected chi connectivity index (χ1v) is 6.07. The van der Waals surface area contributed by atoms with Crippen LogP contribution in [0.1, 0.15) is 32.4 Å². The van der Waals surface area contributed by atoms with E-state index < -0.39 is 5.54 Å². The van der Waals surface area contributed by atoms with Crippen LogP contribution in [0.15, 0.2) is 15.1 Å². The molecule has 0 bridgehead atoms. The predicted octanol–water partition coefficient (Wildman–Crippen LogP) is 1.63. The molecule has 2 N–H and O–H groups in total. The maximum atomic E-state index is 6.13. The molecular weight excluding hydrogens is 248 g/mol. The highest BCUT2D eigenvalue weighted by Gasteiger charge is 2.29. The molecule has 0 aromatic carbocycles. The zero-order chi connectivity index (χ0) is 14.0. The number of hydrogen-bond donors (Lipinski definition) is 1. The number of nitrogens with two attached hydrogens (primary N) is 1. The van der Waals surface area contributed by atoms with Gasteiger partial charge in [-0.25, -0.2) is 0 Å². The summed E-state index contributed by atoms with van der Waals surface area (Å²) in [5.74, 6) is 1.34. The van der Waals surface area contributed by atoms with Gasteiger partial charge < -0.3 is 19.5 Å². The second-order valence-electron chi connectivity index (χ2n) is 5.02. The first kappa shape index (κ1) is 13.7. The van der Waals surface area contributed by atoms with Crippen molar-refractivity contribution in [2.24, 2.45) is 5.73 Å². The minimum Gasteiger partial charge on any atom is -0.376 e. The van der Waals surface area contributed by atoms with Crippen LogP contribution in [0.3, 0.4) is 0 Å². The summed E-state index contributed by atoms with van der Waals surface area (Å²) in [5.41, 5.74) is 5.81. The van der Waals surface area contributed by atoms with Gasteiger partial charge in [0.2, 0.25) is 0 Å². The smallest absolute Gasteiger partial charge is 0.280 e. The Hall–Kier alpha value is -1.73. The quantitative estimate of drug-likeness (QED) is 0.877. The van der Waals surface area contributed by atoms with Crippen molar-refractivity contribution in [1.29, 1.82) is 0 Å². The van der Waals surface area contributed by atoms with Gasteiger partial charge in [0.1, 0.15) is 11.3 Å². The number of ether oxygens (including phenoxy) is 1. The van der Waals surface area contributed by atoms with Gasteiger partial charge in [0, 0.05) is 6.07 Å². The molecular formula is C12H18N4O3. The van der Waals surface area contributed by atoms with Crippen molar-refractivity contribution in [1.82, 2.24) is 15.3 Å². The van der Waals surface area contributed by atoms with Crippen LogP contribution in [0.2, 0.25) is 0 Å². The molecule has 0 saturated carbocycles. The lowest BCUT2D eigenvalue weighted by Gasteiger charge is -2.21. The van der Waals surface area contributed by atoms with E-state index in [-0.39, 0.29) is 12.0 Å². The average Bonchev–Trinajstić information content (AvgIpc) is 2.94. The van der Waals surface area contributed by atoms with Crippen molar-refractivity contribution in [3.8, 4) is 11.6 Å². The molecule has 0 aliphatic rings. The molecule has 0 radical (unpaired) electrons. The summed E-state index contributed by atoms with van der Waals surface area (Å²) in [6.07, 6.45) is 0.0902. The van der Waals surface area contributed by atoms with E-state index in [0.717, 1.165) is 0 Å². The van der Waals surface area contributed by atoms with E-state index in [4.69, 9.17) is 19.5 Å². The van der Waals surface area contributed by atoms with Gasteiger partial charge in [-0.1, -0.05) is 10.3 Å². The minimum atomic E-state index is -0.815. The Balaban J connectivity index is 2.16. The number of nitrogens with zero attached hydrogens (tertiary/aromatic N) is 3. The van der Waals surface area contributed by atoms with Gasteiger partial charge in [-0.05, 0) is 27.7 Å². The third-order valence-corrected chi connectivity index (χ3v) is 2.50. The first-order valence-electron chi connectivity index (χ1n) is 6.07. The molecule has 2 aromatic rings. The molecule has 0 fully saturated rings. The number of hydrogen-bond acceptors (Lipinski definition) is 7. The number of aromatic nitrogens is 3. The lowest BCUT2D eigenvalue weighted by atomic mass is 10.1. The van der Waals surface area contributed by atoms with Crippen LogP contribution in [0.5, 0.6) is 0 Å². The van der Waals surface area contributed by atoms with Crippen LogP contribution in [0, 0.1) is 6.92 Å². The van der Waals surface area contributed by atoms with Crippen LogP contribution < -0.4 is 5.73 Å². The molecule has 0 amide bonds. The fourth-order valence-electron chi connectivity index (χ4n) is 1.43. The third-order valence-electron chi connectivity index (χ3n) is 2.50. The highest BCUT2D eigenvalue weighted by Crippen LogP contribution is 2.21. The standard InChI is InChI=1S/C12H18N4O3/c1-7(2)17-6-12(4,13)11-14-10(19-16-11)9-5-8(3)18-15-9/h5,7H,6,13H2,1-4H3. The molecule has 0 aliphatic carbocycles. The minimum absolute atomic E-state index is 0.0902. The zero-order valence-electron chi connectivity index (χ0n) is 11.5. The monoisotopic (exact) mass is 266 g/mol.